The Labute approximate surface area is 159 Å². The Morgan fingerprint density at radius 1 is 1.04 bits per heavy atom. The molecule has 2 aromatic rings. The number of allylic oxidation sites excluding steroid dienone is 1. The van der Waals surface area contributed by atoms with Gasteiger partial charge in [-0.05, 0) is 72.9 Å². The highest BCUT2D eigenvalue weighted by atomic mass is 14.8. The van der Waals surface area contributed by atoms with Crippen LogP contribution in [0.3, 0.4) is 0 Å². The normalized spacial score (nSPS) is 12.5. The van der Waals surface area contributed by atoms with E-state index in [1.165, 1.54) is 22.3 Å². The third kappa shape index (κ3) is 4.06. The molecule has 0 bridgehead atoms. The third-order valence-electron chi connectivity index (χ3n) is 5.40. The fraction of sp³-hybridized carbons (Fsp3) is 0.500. The van der Waals surface area contributed by atoms with Crippen LogP contribution >= 0.6 is 0 Å². The molecule has 2 heterocycles. The second-order valence-corrected chi connectivity index (χ2v) is 7.56. The van der Waals surface area contributed by atoms with Gasteiger partial charge < -0.3 is 0 Å². The predicted octanol–water partition coefficient (Wildman–Crippen LogP) is 6.76. The molecule has 2 rings (SSSR count). The first-order valence-electron chi connectivity index (χ1n) is 10.0. The van der Waals surface area contributed by atoms with E-state index in [-0.39, 0.29) is 0 Å². The summed E-state index contributed by atoms with van der Waals surface area (Å²) >= 11 is 0. The zero-order valence-electron chi connectivity index (χ0n) is 17.6. The second-order valence-electron chi connectivity index (χ2n) is 7.56. The molecule has 0 saturated heterocycles. The van der Waals surface area contributed by atoms with Crippen molar-refractivity contribution in [1.82, 2.24) is 9.97 Å². The Hall–Kier alpha value is -1.96. The molecule has 1 unspecified atom stereocenters. The third-order valence-corrected chi connectivity index (χ3v) is 5.40. The monoisotopic (exact) mass is 350 g/mol. The summed E-state index contributed by atoms with van der Waals surface area (Å²) in [5.41, 5.74) is 9.32. The minimum absolute atomic E-state index is 0.441. The average Bonchev–Trinajstić information content (AvgIpc) is 2.65. The Bertz CT molecular complexity index is 787. The molecule has 0 amide bonds. The lowest BCUT2D eigenvalue weighted by molar-refractivity contribution is 0.717. The van der Waals surface area contributed by atoms with E-state index in [2.05, 4.69) is 73.2 Å². The molecule has 1 atom stereocenters. The van der Waals surface area contributed by atoms with Crippen LogP contribution in [0.1, 0.15) is 82.1 Å². The minimum Gasteiger partial charge on any atom is -0.257 e. The Morgan fingerprint density at radius 2 is 1.73 bits per heavy atom. The molecule has 2 heteroatoms. The van der Waals surface area contributed by atoms with Crippen LogP contribution in [0.15, 0.2) is 24.8 Å². The maximum Gasteiger partial charge on any atom is 0.0755 e. The number of rotatable bonds is 7. The van der Waals surface area contributed by atoms with Gasteiger partial charge >= 0.3 is 0 Å². The second kappa shape index (κ2) is 8.62. The largest absolute Gasteiger partial charge is 0.257 e. The van der Waals surface area contributed by atoms with Crippen LogP contribution in [0.2, 0.25) is 0 Å². The molecule has 2 nitrogen and oxygen atoms in total. The number of nitrogens with zero attached hydrogens (tertiary/aromatic N) is 2. The fourth-order valence-corrected chi connectivity index (χ4v) is 3.31. The first-order chi connectivity index (χ1) is 12.3. The van der Waals surface area contributed by atoms with E-state index in [9.17, 15) is 0 Å². The number of pyridine rings is 2. The van der Waals surface area contributed by atoms with E-state index in [0.717, 1.165) is 42.0 Å². The number of hydrogen-bond acceptors (Lipinski definition) is 2. The summed E-state index contributed by atoms with van der Waals surface area (Å²) < 4.78 is 0. The van der Waals surface area contributed by atoms with Gasteiger partial charge in [0.15, 0.2) is 0 Å². The Balaban J connectivity index is 2.61. The van der Waals surface area contributed by atoms with E-state index in [4.69, 9.17) is 9.97 Å². The maximum absolute atomic E-state index is 5.03. The quantitative estimate of drug-likeness (QED) is 0.551. The van der Waals surface area contributed by atoms with Gasteiger partial charge in [0.2, 0.25) is 0 Å². The SMILES string of the molecule is C=C(c1cc(CC)c(-c2ccc(C(C)C)nc2CC)nc1C)C(C)CC. The molecule has 0 aliphatic carbocycles. The van der Waals surface area contributed by atoms with Crippen LogP contribution in [0.4, 0.5) is 0 Å². The highest BCUT2D eigenvalue weighted by Crippen LogP contribution is 2.32. The van der Waals surface area contributed by atoms with Crippen molar-refractivity contribution in [3.63, 3.8) is 0 Å². The molecule has 0 aromatic carbocycles. The zero-order chi connectivity index (χ0) is 19.4. The van der Waals surface area contributed by atoms with Crippen molar-refractivity contribution in [1.29, 1.82) is 0 Å². The summed E-state index contributed by atoms with van der Waals surface area (Å²) in [5, 5.41) is 0. The molecular weight excluding hydrogens is 316 g/mol. The summed E-state index contributed by atoms with van der Waals surface area (Å²) in [6, 6.07) is 6.68. The van der Waals surface area contributed by atoms with Crippen LogP contribution in [-0.4, -0.2) is 9.97 Å². The summed E-state index contributed by atoms with van der Waals surface area (Å²) in [6.45, 7) is 19.7. The van der Waals surface area contributed by atoms with Crippen molar-refractivity contribution < 1.29 is 0 Å². The predicted molar refractivity (Wildman–Crippen MR) is 114 cm³/mol. The molecule has 0 N–H and O–H groups in total. The van der Waals surface area contributed by atoms with E-state index < -0.39 is 0 Å². The maximum atomic E-state index is 5.03. The first kappa shape index (κ1) is 20.4. The first-order valence-corrected chi connectivity index (χ1v) is 10.0. The molecule has 2 aromatic heterocycles. The van der Waals surface area contributed by atoms with Crippen LogP contribution in [0, 0.1) is 12.8 Å². The number of aromatic nitrogens is 2. The van der Waals surface area contributed by atoms with Crippen LogP contribution in [-0.2, 0) is 12.8 Å². The van der Waals surface area contributed by atoms with Gasteiger partial charge in [-0.1, -0.05) is 48.1 Å². The van der Waals surface area contributed by atoms with Gasteiger partial charge in [0.05, 0.1) is 5.69 Å². The fourth-order valence-electron chi connectivity index (χ4n) is 3.31. The van der Waals surface area contributed by atoms with Gasteiger partial charge in [-0.15, -0.1) is 0 Å². The van der Waals surface area contributed by atoms with Gasteiger partial charge in [-0.3, -0.25) is 9.97 Å². The van der Waals surface area contributed by atoms with E-state index in [1.54, 1.807) is 0 Å². The highest BCUT2D eigenvalue weighted by Gasteiger charge is 2.17. The lowest BCUT2D eigenvalue weighted by Gasteiger charge is -2.19. The molecule has 0 aliphatic heterocycles. The summed E-state index contributed by atoms with van der Waals surface area (Å²) in [6.07, 6.45) is 2.97. The Kier molecular flexibility index (Phi) is 6.75. The van der Waals surface area contributed by atoms with Crippen molar-refractivity contribution in [3.8, 4) is 11.3 Å². The van der Waals surface area contributed by atoms with Crippen molar-refractivity contribution in [2.45, 2.75) is 73.6 Å². The molecule has 0 fully saturated rings. The van der Waals surface area contributed by atoms with Crippen LogP contribution < -0.4 is 0 Å². The van der Waals surface area contributed by atoms with Gasteiger partial charge in [0.25, 0.3) is 0 Å². The number of hydrogen-bond donors (Lipinski definition) is 0. The lowest BCUT2D eigenvalue weighted by atomic mass is 9.90. The molecule has 0 spiro atoms. The van der Waals surface area contributed by atoms with Gasteiger partial charge in [0, 0.05) is 22.6 Å². The van der Waals surface area contributed by atoms with E-state index in [0.29, 0.717) is 11.8 Å². The lowest BCUT2D eigenvalue weighted by Crippen LogP contribution is -2.06. The van der Waals surface area contributed by atoms with Crippen molar-refractivity contribution in [2.75, 3.05) is 0 Å². The highest BCUT2D eigenvalue weighted by molar-refractivity contribution is 5.73. The molecule has 26 heavy (non-hydrogen) atoms. The van der Waals surface area contributed by atoms with Crippen LogP contribution in [0.25, 0.3) is 16.8 Å². The Morgan fingerprint density at radius 3 is 2.27 bits per heavy atom. The van der Waals surface area contributed by atoms with Gasteiger partial charge in [-0.2, -0.15) is 0 Å². The van der Waals surface area contributed by atoms with Crippen molar-refractivity contribution in [3.05, 3.63) is 53.0 Å². The minimum atomic E-state index is 0.441. The van der Waals surface area contributed by atoms with Crippen molar-refractivity contribution >= 4 is 5.57 Å². The van der Waals surface area contributed by atoms with Crippen LogP contribution in [0.5, 0.6) is 0 Å². The smallest absolute Gasteiger partial charge is 0.0755 e. The number of aryl methyl sites for hydroxylation is 3. The molecule has 0 radical (unpaired) electrons. The molecular formula is C24H34N2. The summed E-state index contributed by atoms with van der Waals surface area (Å²) in [7, 11) is 0. The summed E-state index contributed by atoms with van der Waals surface area (Å²) in [4.78, 5) is 9.95. The van der Waals surface area contributed by atoms with Gasteiger partial charge in [-0.25, -0.2) is 0 Å². The van der Waals surface area contributed by atoms with E-state index >= 15 is 0 Å². The molecule has 0 saturated carbocycles. The topological polar surface area (TPSA) is 25.8 Å². The average molecular weight is 351 g/mol. The van der Waals surface area contributed by atoms with Crippen molar-refractivity contribution in [2.24, 2.45) is 5.92 Å². The standard InChI is InChI=1S/C24H34N2/c1-9-16(6)17(7)21-14-19(10-2)24(25-18(21)8)20-12-13-23(15(4)5)26-22(20)11-3/h12-16H,7,9-11H2,1-6,8H3. The van der Waals surface area contributed by atoms with Gasteiger partial charge in [0.1, 0.15) is 0 Å². The summed E-state index contributed by atoms with van der Waals surface area (Å²) in [5.74, 6) is 0.917. The van der Waals surface area contributed by atoms with E-state index in [1.807, 2.05) is 0 Å². The molecule has 140 valence electrons. The zero-order valence-corrected chi connectivity index (χ0v) is 17.6. The molecule has 0 aliphatic rings.